The number of amides is 2. The Balaban J connectivity index is 4.36. The lowest BCUT2D eigenvalue weighted by Crippen LogP contribution is -2.49. The van der Waals surface area contributed by atoms with Crippen molar-refractivity contribution in [3.05, 3.63) is 0 Å². The van der Waals surface area contributed by atoms with Crippen LogP contribution < -0.4 is 5.32 Å². The molecule has 20 heavy (non-hydrogen) atoms. The second-order valence-electron chi connectivity index (χ2n) is 5.11. The van der Waals surface area contributed by atoms with Crippen LogP contribution in [0.1, 0.15) is 34.6 Å². The lowest BCUT2D eigenvalue weighted by Gasteiger charge is -2.28. The molecular weight excluding hydrogens is 258 g/mol. The number of nitrogens with one attached hydrogen (secondary N) is 1. The average Bonchev–Trinajstić information content (AvgIpc) is 2.41. The van der Waals surface area contributed by atoms with Gasteiger partial charge >= 0.3 is 12.0 Å². The van der Waals surface area contributed by atoms with Gasteiger partial charge in [0, 0.05) is 25.7 Å². The van der Waals surface area contributed by atoms with Crippen LogP contribution in [0.25, 0.3) is 0 Å². The van der Waals surface area contributed by atoms with Gasteiger partial charge in [-0.05, 0) is 26.9 Å². The molecule has 0 aromatic carbocycles. The number of rotatable bonds is 9. The third-order valence-electron chi connectivity index (χ3n) is 3.38. The van der Waals surface area contributed by atoms with E-state index in [1.165, 1.54) is 4.90 Å². The third-order valence-corrected chi connectivity index (χ3v) is 3.38. The van der Waals surface area contributed by atoms with Crippen molar-refractivity contribution in [3.63, 3.8) is 0 Å². The maximum atomic E-state index is 12.1. The van der Waals surface area contributed by atoms with E-state index in [1.54, 1.807) is 6.92 Å². The number of hydrogen-bond acceptors (Lipinski definition) is 3. The van der Waals surface area contributed by atoms with E-state index in [-0.39, 0.29) is 18.6 Å². The molecule has 0 bridgehead atoms. The molecule has 0 aliphatic rings. The highest BCUT2D eigenvalue weighted by Crippen LogP contribution is 2.02. The first-order valence-electron chi connectivity index (χ1n) is 7.36. The van der Waals surface area contributed by atoms with Crippen molar-refractivity contribution in [2.45, 2.75) is 40.7 Å². The molecule has 0 saturated heterocycles. The lowest BCUT2D eigenvalue weighted by atomic mass is 10.2. The summed E-state index contributed by atoms with van der Waals surface area (Å²) in [5, 5.41) is 11.8. The number of hydrogen-bond donors (Lipinski definition) is 2. The molecule has 0 spiro atoms. The van der Waals surface area contributed by atoms with E-state index >= 15 is 0 Å². The highest BCUT2D eigenvalue weighted by atomic mass is 16.4. The molecule has 0 saturated carbocycles. The number of urea groups is 1. The molecule has 0 aromatic rings. The van der Waals surface area contributed by atoms with Crippen LogP contribution in [0, 0.1) is 5.92 Å². The minimum absolute atomic E-state index is 0.0385. The minimum Gasteiger partial charge on any atom is -0.481 e. The van der Waals surface area contributed by atoms with Crippen molar-refractivity contribution in [1.29, 1.82) is 0 Å². The molecule has 0 rings (SSSR count). The van der Waals surface area contributed by atoms with Crippen LogP contribution in [-0.4, -0.2) is 65.7 Å². The molecule has 0 aliphatic carbocycles. The van der Waals surface area contributed by atoms with Gasteiger partial charge in [-0.25, -0.2) is 4.79 Å². The molecular formula is C14H29N3O3. The highest BCUT2D eigenvalue weighted by Gasteiger charge is 2.20. The summed E-state index contributed by atoms with van der Waals surface area (Å²) in [6.45, 7) is 13.0. The van der Waals surface area contributed by atoms with Crippen LogP contribution in [0.15, 0.2) is 0 Å². The Morgan fingerprint density at radius 2 is 1.60 bits per heavy atom. The number of likely N-dealkylation sites (N-methyl/N-ethyl adjacent to an activating group) is 1. The minimum atomic E-state index is -0.882. The summed E-state index contributed by atoms with van der Waals surface area (Å²) in [7, 11) is 0. The summed E-state index contributed by atoms with van der Waals surface area (Å²) in [6, 6.07) is -0.156. The fraction of sp³-hybridized carbons (Fsp3) is 0.857. The SMILES string of the molecule is CCN(CC)CC(C)NC(=O)N(CC)CC(C)C(=O)O. The Kier molecular flexibility index (Phi) is 8.96. The van der Waals surface area contributed by atoms with E-state index in [0.717, 1.165) is 19.6 Å². The summed E-state index contributed by atoms with van der Waals surface area (Å²) >= 11 is 0. The third kappa shape index (κ3) is 6.75. The maximum absolute atomic E-state index is 12.1. The van der Waals surface area contributed by atoms with Crippen molar-refractivity contribution in [3.8, 4) is 0 Å². The predicted molar refractivity (Wildman–Crippen MR) is 79.8 cm³/mol. The largest absolute Gasteiger partial charge is 0.481 e. The molecule has 6 heteroatoms. The monoisotopic (exact) mass is 287 g/mol. The van der Waals surface area contributed by atoms with Gasteiger partial charge in [0.25, 0.3) is 0 Å². The normalized spacial score (nSPS) is 13.9. The fourth-order valence-corrected chi connectivity index (χ4v) is 1.98. The molecule has 2 unspecified atom stereocenters. The Labute approximate surface area is 122 Å². The molecule has 2 amide bonds. The molecule has 0 radical (unpaired) electrons. The van der Waals surface area contributed by atoms with Gasteiger partial charge < -0.3 is 20.2 Å². The highest BCUT2D eigenvalue weighted by molar-refractivity contribution is 5.76. The first-order valence-corrected chi connectivity index (χ1v) is 7.36. The molecule has 2 atom stereocenters. The van der Waals surface area contributed by atoms with E-state index in [0.29, 0.717) is 6.54 Å². The summed E-state index contributed by atoms with van der Waals surface area (Å²) < 4.78 is 0. The second-order valence-corrected chi connectivity index (χ2v) is 5.11. The van der Waals surface area contributed by atoms with Crippen LogP contribution in [0.3, 0.4) is 0 Å². The van der Waals surface area contributed by atoms with Crippen LogP contribution in [-0.2, 0) is 4.79 Å². The molecule has 6 nitrogen and oxygen atoms in total. The van der Waals surface area contributed by atoms with Crippen LogP contribution in [0.4, 0.5) is 4.79 Å². The molecule has 0 fully saturated rings. The standard InChI is InChI=1S/C14H29N3O3/c1-6-16(7-2)10-12(5)15-14(20)17(8-3)9-11(4)13(18)19/h11-12H,6-10H2,1-5H3,(H,15,20)(H,18,19). The van der Waals surface area contributed by atoms with E-state index in [1.807, 2.05) is 13.8 Å². The van der Waals surface area contributed by atoms with Gasteiger partial charge in [-0.3, -0.25) is 4.79 Å². The van der Waals surface area contributed by atoms with Crippen molar-refractivity contribution < 1.29 is 14.7 Å². The van der Waals surface area contributed by atoms with Crippen molar-refractivity contribution in [2.24, 2.45) is 5.92 Å². The fourth-order valence-electron chi connectivity index (χ4n) is 1.98. The number of nitrogens with zero attached hydrogens (tertiary/aromatic N) is 2. The number of carbonyl (C=O) groups is 2. The van der Waals surface area contributed by atoms with Crippen LogP contribution >= 0.6 is 0 Å². The van der Waals surface area contributed by atoms with Crippen molar-refractivity contribution >= 4 is 12.0 Å². The number of carboxylic acids is 1. The Bertz CT molecular complexity index is 306. The van der Waals surface area contributed by atoms with E-state index in [4.69, 9.17) is 5.11 Å². The van der Waals surface area contributed by atoms with Crippen molar-refractivity contribution in [1.82, 2.24) is 15.1 Å². The summed E-state index contributed by atoms with van der Waals surface area (Å²) in [5.41, 5.74) is 0. The number of aliphatic carboxylic acids is 1. The molecule has 118 valence electrons. The van der Waals surface area contributed by atoms with Gasteiger partial charge in [0.2, 0.25) is 0 Å². The van der Waals surface area contributed by atoms with E-state index in [9.17, 15) is 9.59 Å². The average molecular weight is 287 g/mol. The topological polar surface area (TPSA) is 72.9 Å². The smallest absolute Gasteiger partial charge is 0.317 e. The van der Waals surface area contributed by atoms with E-state index < -0.39 is 11.9 Å². The van der Waals surface area contributed by atoms with Crippen molar-refractivity contribution in [2.75, 3.05) is 32.7 Å². The quantitative estimate of drug-likeness (QED) is 0.673. The lowest BCUT2D eigenvalue weighted by molar-refractivity contribution is -0.141. The Morgan fingerprint density at radius 1 is 1.05 bits per heavy atom. The molecule has 2 N–H and O–H groups in total. The zero-order chi connectivity index (χ0) is 15.7. The van der Waals surface area contributed by atoms with Crippen LogP contribution in [0.5, 0.6) is 0 Å². The number of carbonyl (C=O) groups excluding carboxylic acids is 1. The molecule has 0 aliphatic heterocycles. The summed E-state index contributed by atoms with van der Waals surface area (Å²) in [6.07, 6.45) is 0. The number of carboxylic acid groups (broad SMARTS) is 1. The molecule has 0 heterocycles. The van der Waals surface area contributed by atoms with E-state index in [2.05, 4.69) is 24.1 Å². The van der Waals surface area contributed by atoms with Gasteiger partial charge in [0.1, 0.15) is 0 Å². The van der Waals surface area contributed by atoms with Gasteiger partial charge in [-0.15, -0.1) is 0 Å². The first kappa shape index (κ1) is 18.7. The van der Waals surface area contributed by atoms with Gasteiger partial charge in [-0.2, -0.15) is 0 Å². The van der Waals surface area contributed by atoms with Gasteiger partial charge in [-0.1, -0.05) is 20.8 Å². The molecule has 0 aromatic heterocycles. The summed E-state index contributed by atoms with van der Waals surface area (Å²) in [5.74, 6) is -1.44. The van der Waals surface area contributed by atoms with Gasteiger partial charge in [0.05, 0.1) is 5.92 Å². The second kappa shape index (κ2) is 9.58. The maximum Gasteiger partial charge on any atom is 0.317 e. The summed E-state index contributed by atoms with van der Waals surface area (Å²) in [4.78, 5) is 26.7. The predicted octanol–water partition coefficient (Wildman–Crippen LogP) is 1.47. The van der Waals surface area contributed by atoms with Gasteiger partial charge in [0.15, 0.2) is 0 Å². The Morgan fingerprint density at radius 3 is 2.00 bits per heavy atom. The Hall–Kier alpha value is -1.30. The van der Waals surface area contributed by atoms with Crippen LogP contribution in [0.2, 0.25) is 0 Å². The zero-order valence-corrected chi connectivity index (χ0v) is 13.3. The zero-order valence-electron chi connectivity index (χ0n) is 13.3. The first-order chi connectivity index (χ1) is 9.35.